The molecule has 2 rings (SSSR count). The summed E-state index contributed by atoms with van der Waals surface area (Å²) in [7, 11) is 0. The van der Waals surface area contributed by atoms with Crippen molar-refractivity contribution in [1.29, 1.82) is 0 Å². The molecule has 0 unspecified atom stereocenters. The molecule has 0 spiro atoms. The fourth-order valence-electron chi connectivity index (χ4n) is 1.84. The summed E-state index contributed by atoms with van der Waals surface area (Å²) < 4.78 is 0.458. The highest BCUT2D eigenvalue weighted by Gasteiger charge is 2.21. The van der Waals surface area contributed by atoms with Gasteiger partial charge in [0.05, 0.1) is 6.33 Å². The lowest BCUT2D eigenvalue weighted by Crippen LogP contribution is -2.35. The number of halogens is 1. The van der Waals surface area contributed by atoms with Gasteiger partial charge in [-0.15, -0.1) is 0 Å². The highest BCUT2D eigenvalue weighted by molar-refractivity contribution is 9.10. The van der Waals surface area contributed by atoms with Crippen LogP contribution in [0.1, 0.15) is 12.8 Å². The number of aldehydes is 1. The number of carbonyl (C=O) groups is 1. The smallest absolute Gasteiger partial charge is 0.267 e. The van der Waals surface area contributed by atoms with Crippen molar-refractivity contribution < 1.29 is 4.79 Å². The summed E-state index contributed by atoms with van der Waals surface area (Å²) in [6.45, 7) is 1.52. The fraction of sp³-hybridized carbons (Fsp3) is 0.500. The zero-order valence-corrected chi connectivity index (χ0v) is 10.2. The first-order chi connectivity index (χ1) is 7.72. The molecule has 1 aromatic rings. The topological polar surface area (TPSA) is 66.1 Å². The molecule has 0 bridgehead atoms. The highest BCUT2D eigenvalue weighted by Crippen LogP contribution is 2.24. The van der Waals surface area contributed by atoms with E-state index >= 15 is 0 Å². The van der Waals surface area contributed by atoms with Gasteiger partial charge in [0.2, 0.25) is 0 Å². The van der Waals surface area contributed by atoms with Gasteiger partial charge in [0.25, 0.3) is 5.56 Å². The van der Waals surface area contributed by atoms with Crippen LogP contribution in [0.2, 0.25) is 0 Å². The van der Waals surface area contributed by atoms with E-state index in [4.69, 9.17) is 0 Å². The summed E-state index contributed by atoms with van der Waals surface area (Å²) in [6, 6.07) is 0. The molecule has 0 saturated carbocycles. The molecule has 1 N–H and O–H groups in total. The molecule has 1 aliphatic heterocycles. The summed E-state index contributed by atoms with van der Waals surface area (Å²) in [6.07, 6.45) is 4.06. The Balaban J connectivity index is 2.17. The van der Waals surface area contributed by atoms with Crippen molar-refractivity contribution in [3.05, 3.63) is 21.2 Å². The zero-order valence-electron chi connectivity index (χ0n) is 8.65. The van der Waals surface area contributed by atoms with Gasteiger partial charge in [0.1, 0.15) is 16.6 Å². The van der Waals surface area contributed by atoms with Crippen LogP contribution in [0.4, 0.5) is 5.82 Å². The van der Waals surface area contributed by atoms with Gasteiger partial charge in [-0.25, -0.2) is 4.98 Å². The Hall–Kier alpha value is -1.17. The van der Waals surface area contributed by atoms with Gasteiger partial charge in [-0.05, 0) is 28.8 Å². The summed E-state index contributed by atoms with van der Waals surface area (Å²) in [5, 5.41) is 0. The second-order valence-corrected chi connectivity index (χ2v) is 4.62. The number of hydrogen-bond acceptors (Lipinski definition) is 4. The van der Waals surface area contributed by atoms with Gasteiger partial charge >= 0.3 is 0 Å². The van der Waals surface area contributed by atoms with Crippen molar-refractivity contribution in [3.8, 4) is 0 Å². The van der Waals surface area contributed by atoms with Crippen LogP contribution < -0.4 is 10.5 Å². The number of piperidine rings is 1. The van der Waals surface area contributed by atoms with E-state index in [0.717, 1.165) is 32.2 Å². The van der Waals surface area contributed by atoms with E-state index in [1.807, 2.05) is 4.90 Å². The zero-order chi connectivity index (χ0) is 11.5. The third kappa shape index (κ3) is 2.16. The minimum Gasteiger partial charge on any atom is -0.355 e. The van der Waals surface area contributed by atoms with Gasteiger partial charge in [0.15, 0.2) is 0 Å². The number of aromatic nitrogens is 2. The van der Waals surface area contributed by atoms with Gasteiger partial charge in [0, 0.05) is 19.0 Å². The Morgan fingerprint density at radius 2 is 2.19 bits per heavy atom. The molecule has 2 heterocycles. The number of hydrogen-bond donors (Lipinski definition) is 1. The Morgan fingerprint density at radius 3 is 2.81 bits per heavy atom. The number of anilines is 1. The summed E-state index contributed by atoms with van der Waals surface area (Å²) in [4.78, 5) is 30.7. The Kier molecular flexibility index (Phi) is 3.38. The lowest BCUT2D eigenvalue weighted by atomic mass is 9.99. The van der Waals surface area contributed by atoms with Crippen molar-refractivity contribution in [1.82, 2.24) is 9.97 Å². The van der Waals surface area contributed by atoms with Crippen LogP contribution in [0.15, 0.2) is 15.6 Å². The van der Waals surface area contributed by atoms with Crippen molar-refractivity contribution in [2.24, 2.45) is 5.92 Å². The third-order valence-corrected chi connectivity index (χ3v) is 3.52. The molecule has 0 radical (unpaired) electrons. The van der Waals surface area contributed by atoms with E-state index in [9.17, 15) is 9.59 Å². The van der Waals surface area contributed by atoms with E-state index < -0.39 is 0 Å². The van der Waals surface area contributed by atoms with E-state index in [2.05, 4.69) is 25.9 Å². The molecule has 0 aromatic carbocycles. The Labute approximate surface area is 101 Å². The van der Waals surface area contributed by atoms with Crippen LogP contribution >= 0.6 is 15.9 Å². The minimum atomic E-state index is -0.178. The number of H-pyrrole nitrogens is 1. The number of nitrogens with zero attached hydrogens (tertiary/aromatic N) is 2. The third-order valence-electron chi connectivity index (χ3n) is 2.81. The Morgan fingerprint density at radius 1 is 1.50 bits per heavy atom. The van der Waals surface area contributed by atoms with E-state index in [-0.39, 0.29) is 11.5 Å². The largest absolute Gasteiger partial charge is 0.355 e. The Bertz CT molecular complexity index is 438. The van der Waals surface area contributed by atoms with Gasteiger partial charge < -0.3 is 14.7 Å². The molecule has 1 fully saturated rings. The van der Waals surface area contributed by atoms with Crippen LogP contribution in [0.5, 0.6) is 0 Å². The normalized spacial score (nSPS) is 17.4. The van der Waals surface area contributed by atoms with Gasteiger partial charge in [-0.1, -0.05) is 0 Å². The lowest BCUT2D eigenvalue weighted by molar-refractivity contribution is -0.111. The highest BCUT2D eigenvalue weighted by atomic mass is 79.9. The van der Waals surface area contributed by atoms with Crippen LogP contribution in [0, 0.1) is 5.92 Å². The van der Waals surface area contributed by atoms with Crippen molar-refractivity contribution in [2.75, 3.05) is 18.0 Å². The maximum atomic E-state index is 11.4. The predicted octanol–water partition coefficient (Wildman–Crippen LogP) is 0.948. The van der Waals surface area contributed by atoms with Gasteiger partial charge in [-0.3, -0.25) is 4.79 Å². The SMILES string of the molecule is O=CC1CCN(c2nc[nH]c(=O)c2Br)CC1. The second-order valence-electron chi connectivity index (χ2n) is 3.83. The summed E-state index contributed by atoms with van der Waals surface area (Å²) >= 11 is 3.23. The molecule has 5 nitrogen and oxygen atoms in total. The first-order valence-electron chi connectivity index (χ1n) is 5.16. The van der Waals surface area contributed by atoms with Crippen molar-refractivity contribution >= 4 is 28.0 Å². The van der Waals surface area contributed by atoms with E-state index in [0.29, 0.717) is 10.3 Å². The lowest BCUT2D eigenvalue weighted by Gasteiger charge is -2.30. The molecular weight excluding hydrogens is 274 g/mol. The van der Waals surface area contributed by atoms with E-state index in [1.54, 1.807) is 0 Å². The second kappa shape index (κ2) is 4.78. The molecule has 0 amide bonds. The standard InChI is InChI=1S/C10H12BrN3O2/c11-8-9(12-6-13-10(8)16)14-3-1-7(5-15)2-4-14/h5-7H,1-4H2,(H,12,13,16). The molecule has 16 heavy (non-hydrogen) atoms. The fourth-order valence-corrected chi connectivity index (χ4v) is 2.31. The van der Waals surface area contributed by atoms with Crippen LogP contribution in [-0.2, 0) is 4.79 Å². The molecule has 6 heteroatoms. The molecular formula is C10H12BrN3O2. The molecule has 1 saturated heterocycles. The minimum absolute atomic E-state index is 0.150. The maximum absolute atomic E-state index is 11.4. The summed E-state index contributed by atoms with van der Waals surface area (Å²) in [5.41, 5.74) is -0.178. The monoisotopic (exact) mass is 285 g/mol. The molecule has 0 aliphatic carbocycles. The number of nitrogens with one attached hydrogen (secondary N) is 1. The number of rotatable bonds is 2. The first-order valence-corrected chi connectivity index (χ1v) is 5.95. The van der Waals surface area contributed by atoms with E-state index in [1.165, 1.54) is 6.33 Å². The molecule has 1 aliphatic rings. The number of aromatic amines is 1. The molecule has 86 valence electrons. The predicted molar refractivity (Wildman–Crippen MR) is 63.6 cm³/mol. The summed E-state index contributed by atoms with van der Waals surface area (Å²) in [5.74, 6) is 0.810. The van der Waals surface area contributed by atoms with Gasteiger partial charge in [-0.2, -0.15) is 0 Å². The molecule has 0 atom stereocenters. The average Bonchev–Trinajstić information content (AvgIpc) is 2.33. The average molecular weight is 286 g/mol. The van der Waals surface area contributed by atoms with Crippen molar-refractivity contribution in [3.63, 3.8) is 0 Å². The van der Waals surface area contributed by atoms with Crippen LogP contribution in [-0.4, -0.2) is 29.3 Å². The van der Waals surface area contributed by atoms with Crippen LogP contribution in [0.3, 0.4) is 0 Å². The maximum Gasteiger partial charge on any atom is 0.267 e. The van der Waals surface area contributed by atoms with Crippen molar-refractivity contribution in [2.45, 2.75) is 12.8 Å². The first kappa shape index (κ1) is 11.3. The number of carbonyl (C=O) groups excluding carboxylic acids is 1. The molecule has 1 aromatic heterocycles. The quantitative estimate of drug-likeness (QED) is 0.822. The van der Waals surface area contributed by atoms with Crippen LogP contribution in [0.25, 0.3) is 0 Å².